The highest BCUT2D eigenvalue weighted by Gasteiger charge is 2.56. The maximum atomic E-state index is 14.3. The highest BCUT2D eigenvalue weighted by molar-refractivity contribution is 6.90. The molecule has 3 aromatic rings. The molecule has 2 amide bonds. The Balaban J connectivity index is 1.80. The number of halogens is 1. The van der Waals surface area contributed by atoms with Gasteiger partial charge in [-0.05, 0) is 36.2 Å². The molecule has 1 N–H and O–H groups in total. The number of rotatable bonds is 7. The van der Waals surface area contributed by atoms with Crippen LogP contribution in [0.5, 0.6) is 0 Å². The first-order valence-electron chi connectivity index (χ1n) is 11.7. The summed E-state index contributed by atoms with van der Waals surface area (Å²) in [4.78, 5) is 28.6. The number of cyclic esters (lactones) is 1. The summed E-state index contributed by atoms with van der Waals surface area (Å²) in [6, 6.07) is 24.4. The lowest BCUT2D eigenvalue weighted by atomic mass is 9.79. The summed E-state index contributed by atoms with van der Waals surface area (Å²) >= 11 is 0. The van der Waals surface area contributed by atoms with Crippen LogP contribution in [0.25, 0.3) is 0 Å². The van der Waals surface area contributed by atoms with Crippen molar-refractivity contribution in [1.82, 2.24) is 4.90 Å². The van der Waals surface area contributed by atoms with Gasteiger partial charge in [-0.1, -0.05) is 91.1 Å². The Hall–Kier alpha value is -3.29. The number of amides is 2. The maximum absolute atomic E-state index is 14.3. The quantitative estimate of drug-likeness (QED) is 0.461. The van der Waals surface area contributed by atoms with E-state index in [2.05, 4.69) is 25.2 Å². The van der Waals surface area contributed by atoms with Gasteiger partial charge in [-0.25, -0.2) is 14.1 Å². The minimum atomic E-state index is -2.22. The molecule has 7 heteroatoms. The molecule has 3 aromatic carbocycles. The third kappa shape index (κ3) is 4.79. The number of hydrogen-bond acceptors (Lipinski definition) is 4. The van der Waals surface area contributed by atoms with Crippen molar-refractivity contribution in [2.24, 2.45) is 5.41 Å². The van der Waals surface area contributed by atoms with Crippen LogP contribution >= 0.6 is 0 Å². The Morgan fingerprint density at radius 1 is 0.971 bits per heavy atom. The van der Waals surface area contributed by atoms with E-state index in [1.165, 1.54) is 17.3 Å². The standard InChI is InChI=1S/C28H30FNO4Si/c1-28(19-35(2,3)23-12-8-5-9-13-23)25(21-14-16-22(29)17-15-21)34-27(33)30(26(28)32)24(18-31)20-10-6-4-7-11-20/h4-17,24-25,31H,18-19H2,1-3H3/t24-,25-,28-/m1/s1. The van der Waals surface area contributed by atoms with Crippen LogP contribution in [0, 0.1) is 11.2 Å². The number of aliphatic hydroxyl groups excluding tert-OH is 1. The lowest BCUT2D eigenvalue weighted by Crippen LogP contribution is -2.59. The van der Waals surface area contributed by atoms with E-state index in [0.29, 0.717) is 17.2 Å². The summed E-state index contributed by atoms with van der Waals surface area (Å²) in [6.45, 7) is 5.76. The smallest absolute Gasteiger partial charge is 0.417 e. The fraction of sp³-hybridized carbons (Fsp3) is 0.286. The molecule has 0 saturated carbocycles. The molecule has 5 nitrogen and oxygen atoms in total. The van der Waals surface area contributed by atoms with Crippen LogP contribution in [-0.2, 0) is 9.53 Å². The number of imide groups is 1. The molecule has 0 unspecified atom stereocenters. The summed E-state index contributed by atoms with van der Waals surface area (Å²) < 4.78 is 19.6. The SMILES string of the molecule is C[C@]1(C[Si](C)(C)c2ccccc2)C(=O)N([C@H](CO)c2ccccc2)C(=O)O[C@@H]1c1ccc(F)cc1. The molecule has 1 heterocycles. The minimum absolute atomic E-state index is 0.400. The summed E-state index contributed by atoms with van der Waals surface area (Å²) in [5.41, 5.74) is 0.0790. The third-order valence-corrected chi connectivity index (χ3v) is 10.4. The van der Waals surface area contributed by atoms with Crippen molar-refractivity contribution in [2.75, 3.05) is 6.61 Å². The molecule has 1 aliphatic heterocycles. The van der Waals surface area contributed by atoms with E-state index in [-0.39, 0.29) is 0 Å². The van der Waals surface area contributed by atoms with Crippen LogP contribution in [0.3, 0.4) is 0 Å². The lowest BCUT2D eigenvalue weighted by Gasteiger charge is -2.48. The molecule has 182 valence electrons. The van der Waals surface area contributed by atoms with Crippen molar-refractivity contribution in [3.05, 3.63) is 102 Å². The van der Waals surface area contributed by atoms with Crippen molar-refractivity contribution in [1.29, 1.82) is 0 Å². The number of nitrogens with zero attached hydrogens (tertiary/aromatic N) is 1. The van der Waals surface area contributed by atoms with Crippen LogP contribution in [-0.4, -0.2) is 36.7 Å². The number of ether oxygens (including phenoxy) is 1. The molecule has 3 atom stereocenters. The van der Waals surface area contributed by atoms with Gasteiger partial charge in [-0.15, -0.1) is 0 Å². The van der Waals surface area contributed by atoms with Gasteiger partial charge >= 0.3 is 6.09 Å². The van der Waals surface area contributed by atoms with Gasteiger partial charge in [0.1, 0.15) is 11.9 Å². The van der Waals surface area contributed by atoms with E-state index in [1.54, 1.807) is 36.4 Å². The number of carbonyl (C=O) groups is 2. The summed E-state index contributed by atoms with van der Waals surface area (Å²) in [7, 11) is -2.22. The fourth-order valence-corrected chi connectivity index (χ4v) is 8.66. The van der Waals surface area contributed by atoms with Gasteiger partial charge in [-0.2, -0.15) is 0 Å². The third-order valence-electron chi connectivity index (χ3n) is 6.91. The molecule has 0 bridgehead atoms. The summed E-state index contributed by atoms with van der Waals surface area (Å²) in [5, 5.41) is 11.4. The average Bonchev–Trinajstić information content (AvgIpc) is 2.86. The van der Waals surface area contributed by atoms with Gasteiger partial charge in [-0.3, -0.25) is 4.79 Å². The number of aliphatic hydroxyl groups is 1. The minimum Gasteiger partial charge on any atom is -0.440 e. The normalized spacial score (nSPS) is 21.5. The maximum Gasteiger partial charge on any atom is 0.417 e. The Labute approximate surface area is 206 Å². The topological polar surface area (TPSA) is 66.8 Å². The Morgan fingerprint density at radius 3 is 2.11 bits per heavy atom. The average molecular weight is 492 g/mol. The summed E-state index contributed by atoms with van der Waals surface area (Å²) in [5.74, 6) is -0.809. The zero-order valence-corrected chi connectivity index (χ0v) is 21.1. The molecule has 4 rings (SSSR count). The van der Waals surface area contributed by atoms with E-state index in [9.17, 15) is 19.1 Å². The molecular formula is C28H30FNO4Si. The van der Waals surface area contributed by atoms with E-state index >= 15 is 0 Å². The first kappa shape index (κ1) is 24.8. The van der Waals surface area contributed by atoms with Gasteiger partial charge < -0.3 is 9.84 Å². The van der Waals surface area contributed by atoms with Crippen molar-refractivity contribution in [2.45, 2.75) is 38.2 Å². The van der Waals surface area contributed by atoms with Crippen molar-refractivity contribution in [3.63, 3.8) is 0 Å². The second kappa shape index (κ2) is 9.75. The summed E-state index contributed by atoms with van der Waals surface area (Å²) in [6.07, 6.45) is -1.70. The number of carbonyl (C=O) groups excluding carboxylic acids is 2. The largest absolute Gasteiger partial charge is 0.440 e. The fourth-order valence-electron chi connectivity index (χ4n) is 5.19. The molecule has 1 fully saturated rings. The molecule has 0 radical (unpaired) electrons. The van der Waals surface area contributed by atoms with Gasteiger partial charge in [0.25, 0.3) is 0 Å². The van der Waals surface area contributed by atoms with E-state index in [0.717, 1.165) is 4.90 Å². The predicted octanol–water partition coefficient (Wildman–Crippen LogP) is 5.20. The van der Waals surface area contributed by atoms with Gasteiger partial charge in [0.15, 0.2) is 0 Å². The first-order chi connectivity index (χ1) is 16.7. The van der Waals surface area contributed by atoms with Crippen LogP contribution in [0.4, 0.5) is 9.18 Å². The van der Waals surface area contributed by atoms with Crippen LogP contribution in [0.1, 0.15) is 30.2 Å². The Morgan fingerprint density at radius 2 is 1.54 bits per heavy atom. The molecular weight excluding hydrogens is 461 g/mol. The molecule has 1 saturated heterocycles. The van der Waals surface area contributed by atoms with Crippen molar-refractivity contribution < 1.29 is 23.8 Å². The van der Waals surface area contributed by atoms with E-state index in [1.807, 2.05) is 31.2 Å². The number of benzene rings is 3. The van der Waals surface area contributed by atoms with E-state index in [4.69, 9.17) is 4.74 Å². The second-order valence-electron chi connectivity index (χ2n) is 9.94. The zero-order valence-electron chi connectivity index (χ0n) is 20.1. The van der Waals surface area contributed by atoms with Crippen molar-refractivity contribution >= 4 is 25.3 Å². The van der Waals surface area contributed by atoms with Crippen LogP contribution < -0.4 is 5.19 Å². The van der Waals surface area contributed by atoms with Crippen molar-refractivity contribution in [3.8, 4) is 0 Å². The highest BCUT2D eigenvalue weighted by atomic mass is 28.3. The second-order valence-corrected chi connectivity index (χ2v) is 14.6. The first-order valence-corrected chi connectivity index (χ1v) is 14.9. The molecule has 0 aromatic heterocycles. The van der Waals surface area contributed by atoms with Gasteiger partial charge in [0.05, 0.1) is 26.1 Å². The molecule has 35 heavy (non-hydrogen) atoms. The predicted molar refractivity (Wildman–Crippen MR) is 135 cm³/mol. The zero-order chi connectivity index (χ0) is 25.2. The Kier molecular flexibility index (Phi) is 6.92. The van der Waals surface area contributed by atoms with E-state index < -0.39 is 50.1 Å². The van der Waals surface area contributed by atoms with Crippen LogP contribution in [0.15, 0.2) is 84.9 Å². The Bertz CT molecular complexity index is 1190. The van der Waals surface area contributed by atoms with Gasteiger partial charge in [0, 0.05) is 0 Å². The number of hydrogen-bond donors (Lipinski definition) is 1. The molecule has 0 spiro atoms. The monoisotopic (exact) mass is 491 g/mol. The van der Waals surface area contributed by atoms with Crippen LogP contribution in [0.2, 0.25) is 19.1 Å². The molecule has 1 aliphatic rings. The molecule has 0 aliphatic carbocycles. The highest BCUT2D eigenvalue weighted by Crippen LogP contribution is 2.49. The lowest BCUT2D eigenvalue weighted by molar-refractivity contribution is -0.159. The van der Waals surface area contributed by atoms with Gasteiger partial charge in [0.2, 0.25) is 5.91 Å².